The molecule has 0 saturated carbocycles. The van der Waals surface area contributed by atoms with E-state index in [1.165, 1.54) is 11.8 Å². The lowest BCUT2D eigenvalue weighted by molar-refractivity contribution is -0.118. The Morgan fingerprint density at radius 1 is 1.40 bits per heavy atom. The molecule has 0 aromatic carbocycles. The molecule has 0 aliphatic rings. The summed E-state index contributed by atoms with van der Waals surface area (Å²) in [6, 6.07) is 0.117. The van der Waals surface area contributed by atoms with Crippen molar-refractivity contribution in [3.63, 3.8) is 0 Å². The zero-order chi connectivity index (χ0) is 15.1. The summed E-state index contributed by atoms with van der Waals surface area (Å²) in [7, 11) is 3.95. The predicted molar refractivity (Wildman–Crippen MR) is 79.6 cm³/mol. The maximum Gasteiger partial charge on any atom is 0.277 e. The lowest BCUT2D eigenvalue weighted by Gasteiger charge is -2.18. The van der Waals surface area contributed by atoms with Gasteiger partial charge >= 0.3 is 0 Å². The molecule has 1 amide bonds. The number of carbonyl (C=O) groups is 1. The maximum atomic E-state index is 11.6. The smallest absolute Gasteiger partial charge is 0.277 e. The van der Waals surface area contributed by atoms with Gasteiger partial charge in [0.1, 0.15) is 0 Å². The van der Waals surface area contributed by atoms with E-state index in [0.29, 0.717) is 29.3 Å². The summed E-state index contributed by atoms with van der Waals surface area (Å²) in [5, 5.41) is 11.3. The molecule has 0 aliphatic heterocycles. The number of carbonyl (C=O) groups excluding carboxylic acids is 1. The number of thioether (sulfide) groups is 1. The fraction of sp³-hybridized carbons (Fsp3) is 0.769. The molecule has 114 valence electrons. The van der Waals surface area contributed by atoms with Gasteiger partial charge in [-0.2, -0.15) is 0 Å². The van der Waals surface area contributed by atoms with E-state index in [9.17, 15) is 4.79 Å². The Bertz CT molecular complexity index is 420. The van der Waals surface area contributed by atoms with Gasteiger partial charge in [-0.15, -0.1) is 10.2 Å². The number of rotatable bonds is 8. The van der Waals surface area contributed by atoms with Crippen LogP contribution >= 0.6 is 11.8 Å². The highest BCUT2D eigenvalue weighted by atomic mass is 32.2. The minimum atomic E-state index is -0.0110. The van der Waals surface area contributed by atoms with E-state index < -0.39 is 0 Å². The minimum Gasteiger partial charge on any atom is -0.414 e. The van der Waals surface area contributed by atoms with Gasteiger partial charge in [-0.05, 0) is 26.4 Å². The zero-order valence-corrected chi connectivity index (χ0v) is 13.7. The van der Waals surface area contributed by atoms with Crippen molar-refractivity contribution in [3.8, 4) is 0 Å². The van der Waals surface area contributed by atoms with E-state index in [2.05, 4.69) is 36.3 Å². The molecule has 0 spiro atoms. The Balaban J connectivity index is 2.46. The Labute approximate surface area is 124 Å². The molecular formula is C13H24N4O2S. The summed E-state index contributed by atoms with van der Waals surface area (Å²) in [6.07, 6.45) is 0.897. The molecule has 6 nitrogen and oxygen atoms in total. The lowest BCUT2D eigenvalue weighted by Crippen LogP contribution is -2.28. The summed E-state index contributed by atoms with van der Waals surface area (Å²) >= 11 is 1.27. The average molecular weight is 300 g/mol. The Hall–Kier alpha value is -1.08. The largest absolute Gasteiger partial charge is 0.414 e. The first-order chi connectivity index (χ1) is 9.43. The molecule has 1 heterocycles. The van der Waals surface area contributed by atoms with E-state index in [1.54, 1.807) is 0 Å². The highest BCUT2D eigenvalue weighted by molar-refractivity contribution is 7.99. The molecule has 0 aliphatic carbocycles. The molecule has 0 saturated heterocycles. The third-order valence-electron chi connectivity index (χ3n) is 2.75. The second-order valence-electron chi connectivity index (χ2n) is 5.28. The van der Waals surface area contributed by atoms with E-state index in [4.69, 9.17) is 4.42 Å². The van der Waals surface area contributed by atoms with Crippen molar-refractivity contribution in [2.45, 2.75) is 38.5 Å². The molecule has 0 radical (unpaired) electrons. The third-order valence-corrected chi connectivity index (χ3v) is 3.57. The van der Waals surface area contributed by atoms with Gasteiger partial charge in [0.15, 0.2) is 0 Å². The monoisotopic (exact) mass is 300 g/mol. The van der Waals surface area contributed by atoms with Gasteiger partial charge in [0.2, 0.25) is 11.8 Å². The van der Waals surface area contributed by atoms with Crippen LogP contribution in [0.25, 0.3) is 0 Å². The molecule has 1 aromatic rings. The molecule has 0 fully saturated rings. The van der Waals surface area contributed by atoms with Crippen molar-refractivity contribution < 1.29 is 9.21 Å². The fourth-order valence-electron chi connectivity index (χ4n) is 1.67. The van der Waals surface area contributed by atoms with Gasteiger partial charge in [-0.3, -0.25) is 9.69 Å². The molecule has 20 heavy (non-hydrogen) atoms. The van der Waals surface area contributed by atoms with Crippen molar-refractivity contribution in [2.24, 2.45) is 5.92 Å². The Morgan fingerprint density at radius 3 is 2.65 bits per heavy atom. The van der Waals surface area contributed by atoms with Crippen molar-refractivity contribution in [2.75, 3.05) is 26.4 Å². The maximum absolute atomic E-state index is 11.6. The highest BCUT2D eigenvalue weighted by Gasteiger charge is 2.19. The number of aromatic nitrogens is 2. The fourth-order valence-corrected chi connectivity index (χ4v) is 2.27. The first-order valence-corrected chi connectivity index (χ1v) is 7.81. The van der Waals surface area contributed by atoms with Crippen LogP contribution in [0.4, 0.5) is 0 Å². The summed E-state index contributed by atoms with van der Waals surface area (Å²) in [6.45, 7) is 6.88. The van der Waals surface area contributed by atoms with Gasteiger partial charge < -0.3 is 9.73 Å². The molecule has 1 atom stereocenters. The van der Waals surface area contributed by atoms with E-state index in [-0.39, 0.29) is 11.9 Å². The van der Waals surface area contributed by atoms with Gasteiger partial charge in [0.25, 0.3) is 5.22 Å². The van der Waals surface area contributed by atoms with Crippen molar-refractivity contribution >= 4 is 17.7 Å². The molecule has 0 bridgehead atoms. The van der Waals surface area contributed by atoms with Crippen LogP contribution in [0.2, 0.25) is 0 Å². The lowest BCUT2D eigenvalue weighted by atomic mass is 10.2. The van der Waals surface area contributed by atoms with Crippen LogP contribution in [0, 0.1) is 5.92 Å². The zero-order valence-electron chi connectivity index (χ0n) is 12.8. The molecule has 1 aromatic heterocycles. The number of hydrogen-bond donors (Lipinski definition) is 1. The van der Waals surface area contributed by atoms with Crippen LogP contribution in [0.1, 0.15) is 39.1 Å². The summed E-state index contributed by atoms with van der Waals surface area (Å²) in [4.78, 5) is 13.6. The van der Waals surface area contributed by atoms with E-state index in [1.807, 2.05) is 19.0 Å². The normalized spacial score (nSPS) is 12.9. The Kier molecular flexibility index (Phi) is 7.01. The topological polar surface area (TPSA) is 71.3 Å². The SMILES string of the molecule is CC[C@H](c1nnc(SCC(=O)NCC(C)C)o1)N(C)C. The van der Waals surface area contributed by atoms with Crippen molar-refractivity contribution in [3.05, 3.63) is 5.89 Å². The molecule has 1 rings (SSSR count). The van der Waals surface area contributed by atoms with Crippen molar-refractivity contribution in [1.29, 1.82) is 0 Å². The summed E-state index contributed by atoms with van der Waals surface area (Å²) < 4.78 is 5.59. The van der Waals surface area contributed by atoms with E-state index >= 15 is 0 Å². The Morgan fingerprint density at radius 2 is 2.10 bits per heavy atom. The second-order valence-corrected chi connectivity index (χ2v) is 6.21. The first kappa shape index (κ1) is 17.0. The van der Waals surface area contributed by atoms with Crippen molar-refractivity contribution in [1.82, 2.24) is 20.4 Å². The number of nitrogens with one attached hydrogen (secondary N) is 1. The molecule has 1 N–H and O–H groups in total. The number of hydrogen-bond acceptors (Lipinski definition) is 6. The molecule has 7 heteroatoms. The predicted octanol–water partition coefficient (Wildman–Crippen LogP) is 1.95. The van der Waals surface area contributed by atoms with Crippen LogP contribution in [0.5, 0.6) is 0 Å². The van der Waals surface area contributed by atoms with E-state index in [0.717, 1.165) is 6.42 Å². The first-order valence-electron chi connectivity index (χ1n) is 6.83. The second kappa shape index (κ2) is 8.26. The average Bonchev–Trinajstić information content (AvgIpc) is 2.83. The summed E-state index contributed by atoms with van der Waals surface area (Å²) in [5.74, 6) is 1.34. The van der Waals surface area contributed by atoms with Crippen LogP contribution in [0.15, 0.2) is 9.64 Å². The van der Waals surface area contributed by atoms with Gasteiger partial charge in [0, 0.05) is 6.54 Å². The van der Waals surface area contributed by atoms with Gasteiger partial charge in [0.05, 0.1) is 11.8 Å². The van der Waals surface area contributed by atoms with Gasteiger partial charge in [-0.25, -0.2) is 0 Å². The molecule has 0 unspecified atom stereocenters. The highest BCUT2D eigenvalue weighted by Crippen LogP contribution is 2.24. The summed E-state index contributed by atoms with van der Waals surface area (Å²) in [5.41, 5.74) is 0. The number of nitrogens with zero attached hydrogens (tertiary/aromatic N) is 3. The van der Waals surface area contributed by atoms with Crippen LogP contribution in [-0.4, -0.2) is 47.4 Å². The standard InChI is InChI=1S/C13H24N4O2S/c1-6-10(17(4)5)12-15-16-13(19-12)20-8-11(18)14-7-9(2)3/h9-10H,6-8H2,1-5H3,(H,14,18)/t10-/m1/s1. The number of amides is 1. The third kappa shape index (κ3) is 5.50. The van der Waals surface area contributed by atoms with Gasteiger partial charge in [-0.1, -0.05) is 32.5 Å². The molecular weight excluding hydrogens is 276 g/mol. The van der Waals surface area contributed by atoms with Crippen LogP contribution in [-0.2, 0) is 4.79 Å². The van der Waals surface area contributed by atoms with Crippen LogP contribution < -0.4 is 5.32 Å². The quantitative estimate of drug-likeness (QED) is 0.740. The van der Waals surface area contributed by atoms with Crippen LogP contribution in [0.3, 0.4) is 0 Å². The minimum absolute atomic E-state index is 0.0110.